The molecule has 1 aromatic carbocycles. The standard InChI is InChI=1S/C27H32F4N6O2/c1-25(2,3)39-24(38)36-13-11-26(32-4,12-14-36)16-33-22-21(28)23(35-17-34-22)37(20-9-10-20)15-18-5-7-19(8-6-18)27(29,30)31/h5-8,17,20H,9-16H2,1-3H3,(H,33,34,35). The molecular formula is C27H32F4N6O2. The average Bonchev–Trinajstić information content (AvgIpc) is 3.71. The van der Waals surface area contributed by atoms with Gasteiger partial charge in [-0.15, -0.1) is 0 Å². The first-order valence-corrected chi connectivity index (χ1v) is 12.8. The lowest BCUT2D eigenvalue weighted by Crippen LogP contribution is -2.49. The number of ether oxygens (including phenoxy) is 1. The molecule has 4 rings (SSSR count). The van der Waals surface area contributed by atoms with Crippen LogP contribution in [0.4, 0.5) is 34.0 Å². The molecule has 8 nitrogen and oxygen atoms in total. The molecule has 1 aliphatic heterocycles. The van der Waals surface area contributed by atoms with Crippen LogP contribution in [0.25, 0.3) is 4.85 Å². The van der Waals surface area contributed by atoms with Crippen LogP contribution in [-0.4, -0.2) is 57.8 Å². The second-order valence-electron chi connectivity index (χ2n) is 11.1. The van der Waals surface area contributed by atoms with E-state index in [2.05, 4.69) is 20.1 Å². The first-order chi connectivity index (χ1) is 18.3. The van der Waals surface area contributed by atoms with Gasteiger partial charge < -0.3 is 24.7 Å². The van der Waals surface area contributed by atoms with Crippen molar-refractivity contribution in [2.45, 2.75) is 76.4 Å². The van der Waals surface area contributed by atoms with Crippen molar-refractivity contribution in [2.75, 3.05) is 29.9 Å². The summed E-state index contributed by atoms with van der Waals surface area (Å²) in [5, 5.41) is 2.97. The molecule has 2 aliphatic rings. The first-order valence-electron chi connectivity index (χ1n) is 12.8. The fraction of sp³-hybridized carbons (Fsp3) is 0.556. The van der Waals surface area contributed by atoms with E-state index in [1.54, 1.807) is 30.6 Å². The highest BCUT2D eigenvalue weighted by atomic mass is 19.4. The normalized spacial score (nSPS) is 17.3. The molecule has 12 heteroatoms. The van der Waals surface area contributed by atoms with Gasteiger partial charge in [-0.25, -0.2) is 21.3 Å². The summed E-state index contributed by atoms with van der Waals surface area (Å²) in [6.07, 6.45) is -1.19. The van der Waals surface area contributed by atoms with Crippen LogP contribution < -0.4 is 10.2 Å². The number of nitrogens with one attached hydrogen (secondary N) is 1. The summed E-state index contributed by atoms with van der Waals surface area (Å²) in [5.41, 5.74) is -1.59. The summed E-state index contributed by atoms with van der Waals surface area (Å²) in [4.78, 5) is 27.7. The number of piperidine rings is 1. The highest BCUT2D eigenvalue weighted by Crippen LogP contribution is 2.36. The highest BCUT2D eigenvalue weighted by Gasteiger charge is 2.43. The van der Waals surface area contributed by atoms with Crippen LogP contribution in [0.5, 0.6) is 0 Å². The lowest BCUT2D eigenvalue weighted by atomic mass is 9.88. The molecule has 1 saturated heterocycles. The molecule has 2 aromatic rings. The smallest absolute Gasteiger partial charge is 0.416 e. The van der Waals surface area contributed by atoms with E-state index in [-0.39, 0.29) is 30.8 Å². The maximum Gasteiger partial charge on any atom is 0.416 e. The Balaban J connectivity index is 1.43. The van der Waals surface area contributed by atoms with Crippen LogP contribution in [0.3, 0.4) is 0 Å². The Labute approximate surface area is 225 Å². The van der Waals surface area contributed by atoms with Gasteiger partial charge in [0.05, 0.1) is 12.1 Å². The predicted molar refractivity (Wildman–Crippen MR) is 138 cm³/mol. The Bertz CT molecular complexity index is 1210. The van der Waals surface area contributed by atoms with Crippen molar-refractivity contribution in [3.8, 4) is 0 Å². The number of aromatic nitrogens is 2. The summed E-state index contributed by atoms with van der Waals surface area (Å²) in [7, 11) is 0. The average molecular weight is 549 g/mol. The third kappa shape index (κ3) is 7.07. The third-order valence-corrected chi connectivity index (χ3v) is 6.83. The van der Waals surface area contributed by atoms with Crippen molar-refractivity contribution in [1.82, 2.24) is 14.9 Å². The minimum Gasteiger partial charge on any atom is -0.444 e. The number of nitrogens with zero attached hydrogens (tertiary/aromatic N) is 5. The molecule has 1 amide bonds. The van der Waals surface area contributed by atoms with Crippen molar-refractivity contribution in [2.24, 2.45) is 0 Å². The molecule has 0 bridgehead atoms. The fourth-order valence-corrected chi connectivity index (χ4v) is 4.45. The van der Waals surface area contributed by atoms with Crippen molar-refractivity contribution in [3.05, 3.63) is 59.0 Å². The molecule has 1 aromatic heterocycles. The molecule has 0 spiro atoms. The molecule has 1 aliphatic carbocycles. The van der Waals surface area contributed by atoms with Crippen LogP contribution >= 0.6 is 0 Å². The molecule has 0 radical (unpaired) electrons. The Kier molecular flexibility index (Phi) is 7.91. The molecule has 2 heterocycles. The van der Waals surface area contributed by atoms with Gasteiger partial charge in [0.1, 0.15) is 11.9 Å². The number of carbonyl (C=O) groups is 1. The monoisotopic (exact) mass is 548 g/mol. The number of alkyl halides is 3. The molecule has 0 unspecified atom stereocenters. The van der Waals surface area contributed by atoms with Crippen molar-refractivity contribution in [3.63, 3.8) is 0 Å². The maximum absolute atomic E-state index is 15.6. The fourth-order valence-electron chi connectivity index (χ4n) is 4.45. The highest BCUT2D eigenvalue weighted by molar-refractivity contribution is 5.68. The van der Waals surface area contributed by atoms with E-state index in [1.165, 1.54) is 18.5 Å². The zero-order valence-electron chi connectivity index (χ0n) is 22.2. The SMILES string of the molecule is [C-]#[N+]C1(CNc2ncnc(N(Cc3ccc(C(F)(F)F)cc3)C3CC3)c2F)CCN(C(=O)OC(C)(C)C)CC1. The Morgan fingerprint density at radius 2 is 1.82 bits per heavy atom. The number of likely N-dealkylation sites (tertiary alicyclic amines) is 1. The summed E-state index contributed by atoms with van der Waals surface area (Å²) < 4.78 is 59.8. The number of halogens is 4. The van der Waals surface area contributed by atoms with E-state index in [0.717, 1.165) is 25.0 Å². The number of hydrogen-bond acceptors (Lipinski definition) is 6. The minimum atomic E-state index is -4.43. The van der Waals surface area contributed by atoms with Crippen LogP contribution in [0, 0.1) is 12.4 Å². The quantitative estimate of drug-likeness (QED) is 0.343. The van der Waals surface area contributed by atoms with Gasteiger partial charge in [-0.05, 0) is 51.3 Å². The van der Waals surface area contributed by atoms with E-state index in [9.17, 15) is 18.0 Å². The number of benzene rings is 1. The van der Waals surface area contributed by atoms with Gasteiger partial charge in [-0.1, -0.05) is 12.1 Å². The van der Waals surface area contributed by atoms with E-state index in [1.807, 2.05) is 0 Å². The van der Waals surface area contributed by atoms with E-state index >= 15 is 4.39 Å². The summed E-state index contributed by atoms with van der Waals surface area (Å²) in [6.45, 7) is 14.2. The summed E-state index contributed by atoms with van der Waals surface area (Å²) in [5.74, 6) is -0.662. The van der Waals surface area contributed by atoms with E-state index in [0.29, 0.717) is 31.5 Å². The zero-order valence-corrected chi connectivity index (χ0v) is 22.2. The molecule has 2 fully saturated rings. The van der Waals surface area contributed by atoms with Crippen molar-refractivity contribution in [1.29, 1.82) is 0 Å². The second-order valence-corrected chi connectivity index (χ2v) is 11.1. The predicted octanol–water partition coefficient (Wildman–Crippen LogP) is 5.90. The topological polar surface area (TPSA) is 75.0 Å². The van der Waals surface area contributed by atoms with Gasteiger partial charge in [-0.3, -0.25) is 0 Å². The van der Waals surface area contributed by atoms with Crippen LogP contribution in [-0.2, 0) is 17.5 Å². The molecule has 39 heavy (non-hydrogen) atoms. The number of anilines is 2. The maximum atomic E-state index is 15.6. The van der Waals surface area contributed by atoms with Crippen LogP contribution in [0.1, 0.15) is 57.6 Å². The van der Waals surface area contributed by atoms with Gasteiger partial charge in [0.2, 0.25) is 5.82 Å². The summed E-state index contributed by atoms with van der Waals surface area (Å²) >= 11 is 0. The van der Waals surface area contributed by atoms with Gasteiger partial charge in [-0.2, -0.15) is 17.6 Å². The first kappa shape index (κ1) is 28.4. The number of rotatable bonds is 7. The van der Waals surface area contributed by atoms with Gasteiger partial charge in [0.25, 0.3) is 5.54 Å². The van der Waals surface area contributed by atoms with Gasteiger partial charge >= 0.3 is 12.3 Å². The summed E-state index contributed by atoms with van der Waals surface area (Å²) in [6, 6.07) is 4.83. The largest absolute Gasteiger partial charge is 0.444 e. The molecule has 1 N–H and O–H groups in total. The van der Waals surface area contributed by atoms with Gasteiger partial charge in [0.15, 0.2) is 11.6 Å². The number of carbonyl (C=O) groups excluding carboxylic acids is 1. The zero-order chi connectivity index (χ0) is 28.4. The lowest BCUT2D eigenvalue weighted by Gasteiger charge is -2.35. The minimum absolute atomic E-state index is 0.0244. The van der Waals surface area contributed by atoms with Crippen LogP contribution in [0.2, 0.25) is 0 Å². The third-order valence-electron chi connectivity index (χ3n) is 6.83. The molecule has 210 valence electrons. The van der Waals surface area contributed by atoms with Crippen molar-refractivity contribution < 1.29 is 27.1 Å². The van der Waals surface area contributed by atoms with E-state index in [4.69, 9.17) is 11.3 Å². The van der Waals surface area contributed by atoms with Crippen molar-refractivity contribution >= 4 is 17.7 Å². The lowest BCUT2D eigenvalue weighted by molar-refractivity contribution is -0.137. The molecular weight excluding hydrogens is 516 g/mol. The number of amides is 1. The molecule has 0 atom stereocenters. The van der Waals surface area contributed by atoms with E-state index < -0.39 is 34.8 Å². The molecule has 1 saturated carbocycles. The van der Waals surface area contributed by atoms with Gasteiger partial charge in [0, 0.05) is 38.5 Å². The Morgan fingerprint density at radius 1 is 1.18 bits per heavy atom. The second kappa shape index (κ2) is 10.9. The Hall–Kier alpha value is -3.62. The number of hydrogen-bond donors (Lipinski definition) is 1. The van der Waals surface area contributed by atoms with Crippen LogP contribution in [0.15, 0.2) is 30.6 Å². The Morgan fingerprint density at radius 3 is 2.36 bits per heavy atom.